The third-order valence-electron chi connectivity index (χ3n) is 9.04. The number of aliphatic hydroxyl groups excluding tert-OH is 1. The van der Waals surface area contributed by atoms with Crippen molar-refractivity contribution >= 4 is 11.6 Å². The zero-order valence-electron chi connectivity index (χ0n) is 17.9. The Bertz CT molecular complexity index is 840. The van der Waals surface area contributed by atoms with Crippen LogP contribution >= 0.6 is 0 Å². The Kier molecular flexibility index (Phi) is 3.99. The number of hydrogen-bond acceptors (Lipinski definition) is 5. The number of Topliss-reactive ketones (excluding diaryl/α,β-unsaturated/α-hetero) is 1. The van der Waals surface area contributed by atoms with E-state index in [0.29, 0.717) is 24.7 Å². The lowest BCUT2D eigenvalue weighted by Crippen LogP contribution is -2.66. The SMILES string of the molecule is CC1(C)OCC(=O)[C@]2(CCC3C4CCC5=CC(=O)C=C[C@]5(C)C4[C@H](O)C[C@@]32C)O1. The molecule has 1 aliphatic heterocycles. The van der Waals surface area contributed by atoms with Crippen LogP contribution in [0.1, 0.15) is 59.8 Å². The van der Waals surface area contributed by atoms with Crippen molar-refractivity contribution in [3.8, 4) is 0 Å². The van der Waals surface area contributed by atoms with Crippen molar-refractivity contribution in [2.75, 3.05) is 6.61 Å². The summed E-state index contributed by atoms with van der Waals surface area (Å²) < 4.78 is 12.1. The second kappa shape index (κ2) is 5.89. The molecule has 0 aromatic rings. The number of rotatable bonds is 0. The van der Waals surface area contributed by atoms with E-state index in [1.54, 1.807) is 12.2 Å². The molecule has 0 aromatic carbocycles. The van der Waals surface area contributed by atoms with Gasteiger partial charge in [0.2, 0.25) is 0 Å². The lowest BCUT2D eigenvalue weighted by molar-refractivity contribution is -0.316. The summed E-state index contributed by atoms with van der Waals surface area (Å²) in [4.78, 5) is 25.1. The molecule has 4 aliphatic carbocycles. The van der Waals surface area contributed by atoms with Crippen LogP contribution in [0.3, 0.4) is 0 Å². The van der Waals surface area contributed by atoms with Gasteiger partial charge in [-0.2, -0.15) is 0 Å². The smallest absolute Gasteiger partial charge is 0.190 e. The largest absolute Gasteiger partial charge is 0.393 e. The number of allylic oxidation sites excluding steroid dienone is 4. The van der Waals surface area contributed by atoms with E-state index >= 15 is 0 Å². The van der Waals surface area contributed by atoms with Gasteiger partial charge in [0, 0.05) is 16.7 Å². The van der Waals surface area contributed by atoms with Gasteiger partial charge in [-0.25, -0.2) is 0 Å². The normalized spacial score (nSPS) is 50.7. The summed E-state index contributed by atoms with van der Waals surface area (Å²) in [7, 11) is 0. The van der Waals surface area contributed by atoms with Crippen molar-refractivity contribution in [1.82, 2.24) is 0 Å². The fourth-order valence-corrected chi connectivity index (χ4v) is 7.80. The van der Waals surface area contributed by atoms with E-state index in [0.717, 1.165) is 24.8 Å². The second-order valence-corrected chi connectivity index (χ2v) is 10.8. The first-order valence-electron chi connectivity index (χ1n) is 11.0. The Morgan fingerprint density at radius 2 is 1.90 bits per heavy atom. The third kappa shape index (κ3) is 2.44. The highest BCUT2D eigenvalue weighted by Gasteiger charge is 2.71. The minimum Gasteiger partial charge on any atom is -0.393 e. The topological polar surface area (TPSA) is 72.8 Å². The van der Waals surface area contributed by atoms with Crippen LogP contribution in [0.15, 0.2) is 23.8 Å². The highest BCUT2D eigenvalue weighted by Crippen LogP contribution is 2.68. The second-order valence-electron chi connectivity index (χ2n) is 10.8. The molecule has 1 saturated heterocycles. The molecule has 0 radical (unpaired) electrons. The first-order valence-corrected chi connectivity index (χ1v) is 11.0. The fraction of sp³-hybridized carbons (Fsp3) is 0.750. The monoisotopic (exact) mass is 400 g/mol. The molecule has 5 nitrogen and oxygen atoms in total. The van der Waals surface area contributed by atoms with Crippen LogP contribution in [0, 0.1) is 28.6 Å². The highest BCUT2D eigenvalue weighted by atomic mass is 16.7. The first-order chi connectivity index (χ1) is 13.5. The number of fused-ring (bicyclic) bond motifs is 6. The zero-order valence-corrected chi connectivity index (χ0v) is 17.9. The molecule has 1 N–H and O–H groups in total. The maximum atomic E-state index is 13.2. The van der Waals surface area contributed by atoms with Gasteiger partial charge in [-0.05, 0) is 69.9 Å². The predicted octanol–water partition coefficient (Wildman–Crippen LogP) is 3.36. The van der Waals surface area contributed by atoms with Gasteiger partial charge in [-0.15, -0.1) is 0 Å². The number of ether oxygens (including phenoxy) is 2. The van der Waals surface area contributed by atoms with E-state index < -0.39 is 22.9 Å². The number of carbonyl (C=O) groups excluding carboxylic acids is 2. The molecule has 0 bridgehead atoms. The van der Waals surface area contributed by atoms with Crippen molar-refractivity contribution in [3.63, 3.8) is 0 Å². The quantitative estimate of drug-likeness (QED) is 0.675. The van der Waals surface area contributed by atoms with E-state index in [2.05, 4.69) is 13.8 Å². The Balaban J connectivity index is 1.55. The molecule has 158 valence electrons. The molecule has 7 atom stereocenters. The molecule has 1 heterocycles. The number of ketones is 2. The minimum atomic E-state index is -0.874. The van der Waals surface area contributed by atoms with Crippen LogP contribution < -0.4 is 0 Å². The summed E-state index contributed by atoms with van der Waals surface area (Å²) in [5.74, 6) is -0.0200. The molecule has 0 amide bonds. The van der Waals surface area contributed by atoms with Crippen LogP contribution in [0.25, 0.3) is 0 Å². The van der Waals surface area contributed by atoms with Crippen LogP contribution in [0.2, 0.25) is 0 Å². The minimum absolute atomic E-state index is 0.0261. The molecule has 5 rings (SSSR count). The molecule has 3 unspecified atom stereocenters. The van der Waals surface area contributed by atoms with Gasteiger partial charge in [0.05, 0.1) is 6.10 Å². The van der Waals surface area contributed by atoms with Gasteiger partial charge in [0.1, 0.15) is 12.2 Å². The molecular formula is C24H32O5. The lowest BCUT2D eigenvalue weighted by atomic mass is 9.46. The summed E-state index contributed by atoms with van der Waals surface area (Å²) in [5.41, 5.74) is -0.410. The summed E-state index contributed by atoms with van der Waals surface area (Å²) in [6, 6.07) is 0. The molecular weight excluding hydrogens is 368 g/mol. The van der Waals surface area contributed by atoms with Crippen molar-refractivity contribution in [2.24, 2.45) is 28.6 Å². The van der Waals surface area contributed by atoms with E-state index in [-0.39, 0.29) is 29.5 Å². The van der Waals surface area contributed by atoms with Crippen LogP contribution in [0.4, 0.5) is 0 Å². The van der Waals surface area contributed by atoms with Gasteiger partial charge in [0.15, 0.2) is 17.4 Å². The number of hydrogen-bond donors (Lipinski definition) is 1. The highest BCUT2D eigenvalue weighted by molar-refractivity contribution is 6.01. The predicted molar refractivity (Wildman–Crippen MR) is 107 cm³/mol. The van der Waals surface area contributed by atoms with Crippen LogP contribution in [0.5, 0.6) is 0 Å². The summed E-state index contributed by atoms with van der Waals surface area (Å²) in [6.07, 6.45) is 8.94. The average molecular weight is 401 g/mol. The molecule has 0 aromatic heterocycles. The van der Waals surface area contributed by atoms with Crippen LogP contribution in [-0.4, -0.2) is 40.8 Å². The van der Waals surface area contributed by atoms with Gasteiger partial charge >= 0.3 is 0 Å². The third-order valence-corrected chi connectivity index (χ3v) is 9.04. The maximum absolute atomic E-state index is 13.2. The Labute approximate surface area is 172 Å². The fourth-order valence-electron chi connectivity index (χ4n) is 7.80. The number of carbonyl (C=O) groups is 2. The number of aliphatic hydroxyl groups is 1. The Morgan fingerprint density at radius 3 is 2.66 bits per heavy atom. The summed E-state index contributed by atoms with van der Waals surface area (Å²) in [6.45, 7) is 8.17. The maximum Gasteiger partial charge on any atom is 0.190 e. The molecule has 3 saturated carbocycles. The lowest BCUT2D eigenvalue weighted by Gasteiger charge is -2.61. The molecule has 4 fully saturated rings. The van der Waals surface area contributed by atoms with E-state index in [9.17, 15) is 14.7 Å². The van der Waals surface area contributed by atoms with E-state index in [1.807, 2.05) is 19.9 Å². The van der Waals surface area contributed by atoms with Crippen molar-refractivity contribution < 1.29 is 24.2 Å². The van der Waals surface area contributed by atoms with Gasteiger partial charge in [0.25, 0.3) is 0 Å². The standard InChI is InChI=1S/C24H32O5/c1-21(2)28-13-19(27)24(29-21)10-8-17-16-6-5-14-11-15(25)7-9-22(14,3)20(16)18(26)12-23(17,24)4/h7,9,11,16-18,20,26H,5-6,8,10,12-13H2,1-4H3/t16?,17?,18-,20?,22+,23+,24+/m1/s1. The van der Waals surface area contributed by atoms with Gasteiger partial charge in [-0.1, -0.05) is 25.5 Å². The van der Waals surface area contributed by atoms with E-state index in [1.165, 1.54) is 0 Å². The van der Waals surface area contributed by atoms with Crippen molar-refractivity contribution in [2.45, 2.75) is 77.3 Å². The van der Waals surface area contributed by atoms with Gasteiger partial charge < -0.3 is 14.6 Å². The first kappa shape index (κ1) is 19.7. The summed E-state index contributed by atoms with van der Waals surface area (Å²) >= 11 is 0. The average Bonchev–Trinajstić information content (AvgIpc) is 2.91. The molecule has 5 aliphatic rings. The summed E-state index contributed by atoms with van der Waals surface area (Å²) in [5, 5.41) is 11.5. The van der Waals surface area contributed by atoms with Crippen molar-refractivity contribution in [3.05, 3.63) is 23.8 Å². The Hall–Kier alpha value is -1.30. The molecule has 1 spiro atoms. The van der Waals surface area contributed by atoms with E-state index in [4.69, 9.17) is 9.47 Å². The zero-order chi connectivity index (χ0) is 20.8. The molecule has 5 heteroatoms. The Morgan fingerprint density at radius 1 is 1.14 bits per heavy atom. The molecule has 29 heavy (non-hydrogen) atoms. The van der Waals surface area contributed by atoms with Crippen LogP contribution in [-0.2, 0) is 19.1 Å². The van der Waals surface area contributed by atoms with Crippen molar-refractivity contribution in [1.29, 1.82) is 0 Å². The van der Waals surface area contributed by atoms with Gasteiger partial charge in [-0.3, -0.25) is 9.59 Å².